The fourth-order valence-electron chi connectivity index (χ4n) is 3.16. The number of benzene rings is 2. The van der Waals surface area contributed by atoms with E-state index in [1.165, 1.54) is 0 Å². The van der Waals surface area contributed by atoms with Gasteiger partial charge < -0.3 is 5.32 Å². The lowest BCUT2D eigenvalue weighted by Crippen LogP contribution is -2.27. The summed E-state index contributed by atoms with van der Waals surface area (Å²) in [5.74, 6) is -0.416. The van der Waals surface area contributed by atoms with Gasteiger partial charge in [-0.15, -0.1) is 0 Å². The Morgan fingerprint density at radius 3 is 2.28 bits per heavy atom. The molecule has 29 heavy (non-hydrogen) atoms. The number of aromatic nitrogens is 2. The van der Waals surface area contributed by atoms with E-state index >= 15 is 0 Å². The second kappa shape index (κ2) is 9.05. The van der Waals surface area contributed by atoms with Crippen molar-refractivity contribution in [3.8, 4) is 0 Å². The largest absolute Gasteiger partial charge is 0.352 e. The highest BCUT2D eigenvalue weighted by atomic mass is 35.5. The van der Waals surface area contributed by atoms with Gasteiger partial charge in [-0.1, -0.05) is 59.6 Å². The van der Waals surface area contributed by atoms with Gasteiger partial charge in [0.1, 0.15) is 0 Å². The third-order valence-corrected chi connectivity index (χ3v) is 5.40. The van der Waals surface area contributed by atoms with Crippen molar-refractivity contribution in [2.24, 2.45) is 0 Å². The van der Waals surface area contributed by atoms with E-state index in [0.29, 0.717) is 41.2 Å². The number of nitrogens with one attached hydrogen (secondary N) is 1. The lowest BCUT2D eigenvalue weighted by Gasteiger charge is -2.10. The van der Waals surface area contributed by atoms with Crippen LogP contribution in [0.2, 0.25) is 5.02 Å². The summed E-state index contributed by atoms with van der Waals surface area (Å²) in [5.41, 5.74) is 4.15. The second-order valence-electron chi connectivity index (χ2n) is 7.06. The maximum Gasteiger partial charge on any atom is 0.252 e. The number of aryl methyl sites for hydroxylation is 3. The first-order chi connectivity index (χ1) is 13.9. The number of carbonyl (C=O) groups excluding carboxylic acids is 2. The monoisotopic (exact) mass is 409 g/mol. The normalized spacial score (nSPS) is 10.8. The van der Waals surface area contributed by atoms with Gasteiger partial charge in [-0.3, -0.25) is 14.3 Å². The summed E-state index contributed by atoms with van der Waals surface area (Å²) < 4.78 is 1.85. The summed E-state index contributed by atoms with van der Waals surface area (Å²) in [6, 6.07) is 14.2. The summed E-state index contributed by atoms with van der Waals surface area (Å²) in [4.78, 5) is 25.6. The molecular formula is C23H24ClN3O2. The fourth-order valence-corrected chi connectivity index (χ4v) is 3.29. The lowest BCUT2D eigenvalue weighted by atomic mass is 9.97. The molecule has 0 saturated heterocycles. The van der Waals surface area contributed by atoms with Gasteiger partial charge in [0.05, 0.1) is 22.0 Å². The van der Waals surface area contributed by atoms with Gasteiger partial charge in [0.2, 0.25) is 0 Å². The highest BCUT2D eigenvalue weighted by molar-refractivity contribution is 6.31. The second-order valence-corrected chi connectivity index (χ2v) is 7.44. The summed E-state index contributed by atoms with van der Waals surface area (Å²) in [7, 11) is 0. The molecule has 5 nitrogen and oxygen atoms in total. The van der Waals surface area contributed by atoms with E-state index in [0.717, 1.165) is 17.0 Å². The highest BCUT2D eigenvalue weighted by Gasteiger charge is 2.17. The third-order valence-electron chi connectivity index (χ3n) is 4.86. The molecule has 0 aliphatic heterocycles. The van der Waals surface area contributed by atoms with Crippen molar-refractivity contribution in [3.63, 3.8) is 0 Å². The number of ketones is 1. The zero-order valence-electron chi connectivity index (χ0n) is 16.8. The molecule has 0 unspecified atom stereocenters. The van der Waals surface area contributed by atoms with Gasteiger partial charge in [-0.05, 0) is 33.3 Å². The van der Waals surface area contributed by atoms with E-state index in [1.807, 2.05) is 37.6 Å². The van der Waals surface area contributed by atoms with Gasteiger partial charge in [-0.25, -0.2) is 0 Å². The molecule has 1 N–H and O–H groups in total. The zero-order valence-corrected chi connectivity index (χ0v) is 17.6. The highest BCUT2D eigenvalue weighted by Crippen LogP contribution is 2.19. The van der Waals surface area contributed by atoms with E-state index in [1.54, 1.807) is 36.4 Å². The molecule has 1 aromatic heterocycles. The molecule has 0 spiro atoms. The summed E-state index contributed by atoms with van der Waals surface area (Å²) in [5, 5.41) is 7.97. The van der Waals surface area contributed by atoms with Crippen molar-refractivity contribution in [3.05, 3.63) is 87.2 Å². The number of nitrogens with zero attached hydrogens (tertiary/aromatic N) is 2. The van der Waals surface area contributed by atoms with Crippen molar-refractivity contribution in [1.29, 1.82) is 0 Å². The maximum atomic E-state index is 12.9. The molecule has 0 bridgehead atoms. The number of rotatable bonds is 7. The van der Waals surface area contributed by atoms with Crippen molar-refractivity contribution < 1.29 is 9.59 Å². The first-order valence-corrected chi connectivity index (χ1v) is 9.94. The molecule has 0 atom stereocenters. The first kappa shape index (κ1) is 20.8. The Labute approximate surface area is 175 Å². The average molecular weight is 410 g/mol. The molecular weight excluding hydrogens is 386 g/mol. The summed E-state index contributed by atoms with van der Waals surface area (Å²) in [6.07, 6.45) is 0.706. The smallest absolute Gasteiger partial charge is 0.252 e. The SMILES string of the molecule is Cc1ccc(C(=O)c2ccccc2C(=O)NCCCn2nc(C)c(Cl)c2C)cc1. The van der Waals surface area contributed by atoms with Crippen LogP contribution in [0.25, 0.3) is 0 Å². The van der Waals surface area contributed by atoms with Gasteiger partial charge in [-0.2, -0.15) is 5.10 Å². The lowest BCUT2D eigenvalue weighted by molar-refractivity contribution is 0.0941. The number of hydrogen-bond acceptors (Lipinski definition) is 3. The quantitative estimate of drug-likeness (QED) is 0.461. The van der Waals surface area contributed by atoms with Crippen molar-refractivity contribution in [2.75, 3.05) is 6.54 Å². The molecule has 0 radical (unpaired) electrons. The Hall–Kier alpha value is -2.92. The topological polar surface area (TPSA) is 64.0 Å². The molecule has 2 aromatic carbocycles. The van der Waals surface area contributed by atoms with Gasteiger partial charge in [0.15, 0.2) is 5.78 Å². The minimum atomic E-state index is -0.257. The van der Waals surface area contributed by atoms with E-state index in [4.69, 9.17) is 11.6 Å². The van der Waals surface area contributed by atoms with Crippen LogP contribution in [0.15, 0.2) is 48.5 Å². The van der Waals surface area contributed by atoms with E-state index in [-0.39, 0.29) is 11.7 Å². The maximum absolute atomic E-state index is 12.9. The Balaban J connectivity index is 1.64. The molecule has 6 heteroatoms. The molecule has 0 fully saturated rings. The number of amides is 1. The average Bonchev–Trinajstić information content (AvgIpc) is 2.97. The van der Waals surface area contributed by atoms with Crippen LogP contribution in [0.5, 0.6) is 0 Å². The first-order valence-electron chi connectivity index (χ1n) is 9.56. The van der Waals surface area contributed by atoms with Crippen LogP contribution in [-0.2, 0) is 6.54 Å². The predicted octanol–water partition coefficient (Wildman–Crippen LogP) is 4.51. The zero-order chi connectivity index (χ0) is 21.0. The molecule has 0 saturated carbocycles. The van der Waals surface area contributed by atoms with Crippen LogP contribution in [0.4, 0.5) is 0 Å². The molecule has 0 aliphatic carbocycles. The van der Waals surface area contributed by atoms with E-state index in [9.17, 15) is 9.59 Å². The predicted molar refractivity (Wildman–Crippen MR) is 115 cm³/mol. The summed E-state index contributed by atoms with van der Waals surface area (Å²) >= 11 is 6.16. The molecule has 150 valence electrons. The number of halogens is 1. The Bertz CT molecular complexity index is 1040. The minimum absolute atomic E-state index is 0.159. The minimum Gasteiger partial charge on any atom is -0.352 e. The van der Waals surface area contributed by atoms with Crippen LogP contribution in [0, 0.1) is 20.8 Å². The summed E-state index contributed by atoms with van der Waals surface area (Å²) in [6.45, 7) is 6.89. The van der Waals surface area contributed by atoms with E-state index < -0.39 is 0 Å². The van der Waals surface area contributed by atoms with Crippen molar-refractivity contribution in [1.82, 2.24) is 15.1 Å². The Kier molecular flexibility index (Phi) is 6.49. The molecule has 1 heterocycles. The van der Waals surface area contributed by atoms with Gasteiger partial charge >= 0.3 is 0 Å². The van der Waals surface area contributed by atoms with Crippen molar-refractivity contribution >= 4 is 23.3 Å². The molecule has 1 amide bonds. The molecule has 3 aromatic rings. The third kappa shape index (κ3) is 4.74. The van der Waals surface area contributed by atoms with Gasteiger partial charge in [0, 0.05) is 24.2 Å². The number of hydrogen-bond donors (Lipinski definition) is 1. The molecule has 3 rings (SSSR count). The number of carbonyl (C=O) groups is 2. The van der Waals surface area contributed by atoms with Crippen LogP contribution in [0.1, 0.15) is 49.7 Å². The van der Waals surface area contributed by atoms with Crippen LogP contribution < -0.4 is 5.32 Å². The van der Waals surface area contributed by atoms with Crippen LogP contribution in [-0.4, -0.2) is 28.0 Å². The van der Waals surface area contributed by atoms with Crippen molar-refractivity contribution in [2.45, 2.75) is 33.7 Å². The Morgan fingerprint density at radius 2 is 1.66 bits per heavy atom. The standard InChI is InChI=1S/C23H24ClN3O2/c1-15-9-11-18(12-10-15)22(28)19-7-4-5-8-20(19)23(29)25-13-6-14-27-17(3)21(24)16(2)26-27/h4-5,7-12H,6,13-14H2,1-3H3,(H,25,29). The molecule has 0 aliphatic rings. The van der Waals surface area contributed by atoms with E-state index in [2.05, 4.69) is 10.4 Å². The van der Waals surface area contributed by atoms with Crippen LogP contribution in [0.3, 0.4) is 0 Å². The Morgan fingerprint density at radius 1 is 1.00 bits per heavy atom. The fraction of sp³-hybridized carbons (Fsp3) is 0.261. The van der Waals surface area contributed by atoms with Crippen LogP contribution >= 0.6 is 11.6 Å². The van der Waals surface area contributed by atoms with Gasteiger partial charge in [0.25, 0.3) is 5.91 Å².